The smallest absolute Gasteiger partial charge is 0.326 e. The molecule has 0 bridgehead atoms. The number of carboxylic acid groups (broad SMARTS) is 1. The van der Waals surface area contributed by atoms with Gasteiger partial charge in [0.15, 0.2) is 0 Å². The van der Waals surface area contributed by atoms with Gasteiger partial charge in [0.05, 0.1) is 36.6 Å². The zero-order valence-electron chi connectivity index (χ0n) is 35.0. The van der Waals surface area contributed by atoms with Gasteiger partial charge in [0.25, 0.3) is 0 Å². The fourth-order valence-electron chi connectivity index (χ4n) is 6.94. The van der Waals surface area contributed by atoms with Crippen molar-refractivity contribution < 1.29 is 38.6 Å². The average molecular weight is 763 g/mol. The first-order chi connectivity index (χ1) is 25.2. The van der Waals surface area contributed by atoms with E-state index in [-0.39, 0.29) is 54.9 Å². The Morgan fingerprint density at radius 3 is 1.85 bits per heavy atom. The lowest BCUT2D eigenvalue weighted by atomic mass is 9.89. The number of nitrogens with zero attached hydrogens (tertiary/aromatic N) is 3. The van der Waals surface area contributed by atoms with Gasteiger partial charge in [0.1, 0.15) is 12.1 Å². The second kappa shape index (κ2) is 23.2. The fraction of sp³-hybridized carbons (Fsp3) is 0.725. The van der Waals surface area contributed by atoms with E-state index >= 15 is 0 Å². The third-order valence-electron chi connectivity index (χ3n) is 10.3. The molecule has 0 spiro atoms. The summed E-state index contributed by atoms with van der Waals surface area (Å²) >= 11 is 0. The molecule has 0 fully saturated rings. The van der Waals surface area contributed by atoms with Crippen molar-refractivity contribution in [3.8, 4) is 0 Å². The van der Waals surface area contributed by atoms with Crippen molar-refractivity contribution in [1.82, 2.24) is 25.3 Å². The summed E-state index contributed by atoms with van der Waals surface area (Å²) in [5.41, 5.74) is 7.01. The second-order valence-corrected chi connectivity index (χ2v) is 15.4. The van der Waals surface area contributed by atoms with E-state index in [1.54, 1.807) is 48.0 Å². The summed E-state index contributed by atoms with van der Waals surface area (Å²) in [7, 11) is 8.36. The Bertz CT molecular complexity index is 1330. The molecule has 308 valence electrons. The number of ether oxygens (including phenoxy) is 2. The fourth-order valence-corrected chi connectivity index (χ4v) is 6.94. The van der Waals surface area contributed by atoms with Crippen molar-refractivity contribution in [2.24, 2.45) is 23.7 Å². The van der Waals surface area contributed by atoms with E-state index in [9.17, 15) is 29.1 Å². The molecular weight excluding hydrogens is 692 g/mol. The standard InChI is InChI=1S/C40H70N6O8/c1-14-20-46(23-32(54-13)27(8)37(48)42-30(40(51)52)21-28-16-18-29(41)19-17-28)33(47)22-31(53-12)36(26(7)15-2)45(11)39(50)34(24(3)4)43-38(49)35(25(5)6)44(9)10/h16-19,24-27,30-32,34-36H,14-15,20-23,41H2,1-13H3,(H,42,48)(H,43,49)(H,51,52). The summed E-state index contributed by atoms with van der Waals surface area (Å²) in [6, 6.07) is 3.90. The van der Waals surface area contributed by atoms with Crippen molar-refractivity contribution >= 4 is 35.3 Å². The van der Waals surface area contributed by atoms with Crippen molar-refractivity contribution in [2.45, 2.75) is 117 Å². The highest BCUT2D eigenvalue weighted by Crippen LogP contribution is 2.25. The van der Waals surface area contributed by atoms with E-state index in [1.165, 1.54) is 14.2 Å². The van der Waals surface area contributed by atoms with Crippen LogP contribution in [0.25, 0.3) is 0 Å². The lowest BCUT2D eigenvalue weighted by molar-refractivity contribution is -0.147. The van der Waals surface area contributed by atoms with Crippen LogP contribution in [0.5, 0.6) is 0 Å². The molecule has 0 radical (unpaired) electrons. The SMILES string of the molecule is CCCN(CC(OC)C(C)C(=O)NC(Cc1ccc(N)cc1)C(=O)O)C(=O)CC(OC)C(C(C)CC)N(C)C(=O)C(NC(=O)C(C(C)C)N(C)C)C(C)C. The molecule has 0 aromatic heterocycles. The Morgan fingerprint density at radius 2 is 1.41 bits per heavy atom. The number of carboxylic acids is 1. The average Bonchev–Trinajstić information content (AvgIpc) is 3.10. The van der Waals surface area contributed by atoms with Gasteiger partial charge in [-0.3, -0.25) is 24.1 Å². The second-order valence-electron chi connectivity index (χ2n) is 15.4. The van der Waals surface area contributed by atoms with E-state index in [2.05, 4.69) is 10.6 Å². The molecule has 54 heavy (non-hydrogen) atoms. The Kier molecular flexibility index (Phi) is 20.8. The maximum Gasteiger partial charge on any atom is 0.326 e. The minimum absolute atomic E-state index is 0.0283. The lowest BCUT2D eigenvalue weighted by Crippen LogP contribution is -2.59. The molecule has 0 saturated carbocycles. The number of benzene rings is 1. The molecule has 4 amide bonds. The van der Waals surface area contributed by atoms with Crippen LogP contribution in [0.3, 0.4) is 0 Å². The van der Waals surface area contributed by atoms with Gasteiger partial charge in [-0.25, -0.2) is 4.79 Å². The van der Waals surface area contributed by atoms with E-state index < -0.39 is 54.2 Å². The highest BCUT2D eigenvalue weighted by molar-refractivity contribution is 5.90. The van der Waals surface area contributed by atoms with Crippen molar-refractivity contribution in [3.63, 3.8) is 0 Å². The summed E-state index contributed by atoms with van der Waals surface area (Å²) in [6.07, 6.45) is -0.0566. The minimum Gasteiger partial charge on any atom is -0.480 e. The van der Waals surface area contributed by atoms with Crippen LogP contribution in [-0.4, -0.2) is 134 Å². The number of hydrogen-bond acceptors (Lipinski definition) is 9. The third kappa shape index (κ3) is 14.2. The number of methoxy groups -OCH3 is 2. The van der Waals surface area contributed by atoms with Crippen molar-refractivity contribution in [1.29, 1.82) is 0 Å². The molecular formula is C40H70N6O8. The quantitative estimate of drug-likeness (QED) is 0.114. The summed E-state index contributed by atoms with van der Waals surface area (Å²) in [5, 5.41) is 15.5. The molecule has 14 heteroatoms. The van der Waals surface area contributed by atoms with Gasteiger partial charge in [-0.2, -0.15) is 0 Å². The number of likely N-dealkylation sites (N-methyl/N-ethyl adjacent to an activating group) is 2. The monoisotopic (exact) mass is 763 g/mol. The van der Waals surface area contributed by atoms with Gasteiger partial charge in [0, 0.05) is 46.5 Å². The maximum absolute atomic E-state index is 14.2. The highest BCUT2D eigenvalue weighted by Gasteiger charge is 2.40. The largest absolute Gasteiger partial charge is 0.480 e. The lowest BCUT2D eigenvalue weighted by Gasteiger charge is -2.40. The van der Waals surface area contributed by atoms with Crippen LogP contribution >= 0.6 is 0 Å². The topological polar surface area (TPSA) is 184 Å². The molecule has 0 aliphatic rings. The van der Waals surface area contributed by atoms with Crippen LogP contribution in [0.15, 0.2) is 24.3 Å². The summed E-state index contributed by atoms with van der Waals surface area (Å²) in [4.78, 5) is 72.2. The number of nitrogens with one attached hydrogen (secondary N) is 2. The minimum atomic E-state index is -1.18. The summed E-state index contributed by atoms with van der Waals surface area (Å²) in [5.74, 6) is -3.44. The normalized spacial score (nSPS) is 16.1. The van der Waals surface area contributed by atoms with Gasteiger partial charge in [-0.05, 0) is 56.0 Å². The van der Waals surface area contributed by atoms with Gasteiger partial charge in [-0.1, -0.05) is 73.9 Å². The van der Waals surface area contributed by atoms with Crippen LogP contribution < -0.4 is 16.4 Å². The first kappa shape index (κ1) is 48.3. The predicted octanol–water partition coefficient (Wildman–Crippen LogP) is 3.28. The Balaban J connectivity index is 3.25. The number of amides is 4. The number of carbonyl (C=O) groups excluding carboxylic acids is 4. The van der Waals surface area contributed by atoms with Gasteiger partial charge < -0.3 is 40.7 Å². The van der Waals surface area contributed by atoms with Crippen LogP contribution in [0.4, 0.5) is 5.69 Å². The number of nitrogens with two attached hydrogens (primary N) is 1. The highest BCUT2D eigenvalue weighted by atomic mass is 16.5. The first-order valence-electron chi connectivity index (χ1n) is 19.2. The molecule has 0 heterocycles. The van der Waals surface area contributed by atoms with Gasteiger partial charge in [0.2, 0.25) is 23.6 Å². The zero-order valence-corrected chi connectivity index (χ0v) is 35.0. The molecule has 14 nitrogen and oxygen atoms in total. The van der Waals surface area contributed by atoms with Crippen LogP contribution in [0, 0.1) is 23.7 Å². The number of rotatable bonds is 24. The number of carbonyl (C=O) groups is 5. The molecule has 0 aliphatic carbocycles. The molecule has 1 aromatic rings. The van der Waals surface area contributed by atoms with E-state index in [4.69, 9.17) is 15.2 Å². The number of nitrogen functional groups attached to an aromatic ring is 1. The molecule has 0 aliphatic heterocycles. The number of aliphatic carboxylic acids is 1. The van der Waals surface area contributed by atoms with Crippen molar-refractivity contribution in [3.05, 3.63) is 29.8 Å². The number of anilines is 1. The summed E-state index contributed by atoms with van der Waals surface area (Å²) in [6.45, 7) is 15.8. The molecule has 0 saturated heterocycles. The van der Waals surface area contributed by atoms with Crippen molar-refractivity contribution in [2.75, 3.05) is 54.2 Å². The Labute approximate surface area is 323 Å². The zero-order chi connectivity index (χ0) is 41.4. The Hall–Kier alpha value is -3.75. The summed E-state index contributed by atoms with van der Waals surface area (Å²) < 4.78 is 11.7. The van der Waals surface area contributed by atoms with Gasteiger partial charge >= 0.3 is 5.97 Å². The maximum atomic E-state index is 14.2. The molecule has 8 atom stereocenters. The van der Waals surface area contributed by atoms with Crippen LogP contribution in [0.1, 0.15) is 80.2 Å². The van der Waals surface area contributed by atoms with Crippen LogP contribution in [-0.2, 0) is 39.9 Å². The third-order valence-corrected chi connectivity index (χ3v) is 10.3. The molecule has 5 N–H and O–H groups in total. The molecule has 1 rings (SSSR count). The predicted molar refractivity (Wildman–Crippen MR) is 211 cm³/mol. The van der Waals surface area contributed by atoms with E-state index in [1.807, 2.05) is 67.5 Å². The van der Waals surface area contributed by atoms with Crippen LogP contribution in [0.2, 0.25) is 0 Å². The number of hydrogen-bond donors (Lipinski definition) is 4. The van der Waals surface area contributed by atoms with E-state index in [0.29, 0.717) is 30.6 Å². The van der Waals surface area contributed by atoms with E-state index in [0.717, 1.165) is 0 Å². The Morgan fingerprint density at radius 1 is 0.833 bits per heavy atom. The first-order valence-corrected chi connectivity index (χ1v) is 19.2. The van der Waals surface area contributed by atoms with Gasteiger partial charge in [-0.15, -0.1) is 0 Å². The molecule has 1 aromatic carbocycles. The molecule has 8 unspecified atom stereocenters.